The summed E-state index contributed by atoms with van der Waals surface area (Å²) in [5, 5.41) is 12.2. The Morgan fingerprint density at radius 3 is 2.90 bits per heavy atom. The lowest BCUT2D eigenvalue weighted by atomic mass is 9.87. The van der Waals surface area contributed by atoms with Crippen molar-refractivity contribution < 1.29 is 18.7 Å². The molecule has 0 saturated carbocycles. The number of carboxylic acid groups (broad SMARTS) is 1. The van der Waals surface area contributed by atoms with Crippen LogP contribution in [0.3, 0.4) is 0 Å². The molecule has 2 N–H and O–H groups in total. The highest BCUT2D eigenvalue weighted by molar-refractivity contribution is 5.73. The first kappa shape index (κ1) is 14.9. The molecule has 1 aromatic carbocycles. The maximum atomic E-state index is 13.6. The van der Waals surface area contributed by atoms with Gasteiger partial charge in [-0.15, -0.1) is 0 Å². The standard InChI is InChI=1S/C15H19F2NO2/c1-2-3-14(15(19)20)18-11-4-5-12-9(7-11)6-10(16)8-13(12)17/h6,8,11,14,18H,2-5,7H2,1H3,(H,19,20). The number of fused-ring (bicyclic) bond motifs is 1. The first-order valence-corrected chi connectivity index (χ1v) is 6.97. The van der Waals surface area contributed by atoms with Gasteiger partial charge in [0.25, 0.3) is 0 Å². The van der Waals surface area contributed by atoms with Gasteiger partial charge in [-0.05, 0) is 42.9 Å². The van der Waals surface area contributed by atoms with E-state index in [1.165, 1.54) is 6.07 Å². The number of aliphatic carboxylic acids is 1. The van der Waals surface area contributed by atoms with E-state index in [0.29, 0.717) is 36.8 Å². The van der Waals surface area contributed by atoms with Gasteiger partial charge in [-0.2, -0.15) is 0 Å². The van der Waals surface area contributed by atoms with Crippen LogP contribution in [0, 0.1) is 11.6 Å². The largest absolute Gasteiger partial charge is 0.480 e. The molecule has 0 aliphatic heterocycles. The molecule has 0 heterocycles. The number of benzene rings is 1. The highest BCUT2D eigenvalue weighted by atomic mass is 19.1. The van der Waals surface area contributed by atoms with E-state index in [0.717, 1.165) is 12.5 Å². The van der Waals surface area contributed by atoms with Crippen LogP contribution in [0.25, 0.3) is 0 Å². The van der Waals surface area contributed by atoms with Gasteiger partial charge in [0.1, 0.15) is 17.7 Å². The van der Waals surface area contributed by atoms with Crippen LogP contribution in [0.15, 0.2) is 12.1 Å². The van der Waals surface area contributed by atoms with Gasteiger partial charge in [0, 0.05) is 12.1 Å². The maximum Gasteiger partial charge on any atom is 0.320 e. The Morgan fingerprint density at radius 2 is 2.25 bits per heavy atom. The number of nitrogens with one attached hydrogen (secondary N) is 1. The highest BCUT2D eigenvalue weighted by Gasteiger charge is 2.26. The van der Waals surface area contributed by atoms with Gasteiger partial charge in [-0.25, -0.2) is 8.78 Å². The summed E-state index contributed by atoms with van der Waals surface area (Å²) in [7, 11) is 0. The molecule has 1 aliphatic carbocycles. The van der Waals surface area contributed by atoms with Gasteiger partial charge in [0.05, 0.1) is 0 Å². The Morgan fingerprint density at radius 1 is 1.50 bits per heavy atom. The predicted octanol–water partition coefficient (Wildman–Crippen LogP) is 2.67. The van der Waals surface area contributed by atoms with E-state index in [2.05, 4.69) is 5.32 Å². The van der Waals surface area contributed by atoms with Crippen molar-refractivity contribution in [1.82, 2.24) is 5.32 Å². The molecular weight excluding hydrogens is 264 g/mol. The lowest BCUT2D eigenvalue weighted by molar-refractivity contribution is -0.139. The molecule has 0 amide bonds. The molecule has 0 spiro atoms. The molecule has 5 heteroatoms. The van der Waals surface area contributed by atoms with E-state index >= 15 is 0 Å². The molecule has 1 aromatic rings. The van der Waals surface area contributed by atoms with Crippen molar-refractivity contribution in [3.05, 3.63) is 34.9 Å². The Labute approximate surface area is 117 Å². The topological polar surface area (TPSA) is 49.3 Å². The average molecular weight is 283 g/mol. The predicted molar refractivity (Wildman–Crippen MR) is 71.6 cm³/mol. The normalized spacial score (nSPS) is 19.4. The van der Waals surface area contributed by atoms with Crippen LogP contribution in [0.5, 0.6) is 0 Å². The van der Waals surface area contributed by atoms with E-state index in [4.69, 9.17) is 5.11 Å². The van der Waals surface area contributed by atoms with Crippen LogP contribution in [0.1, 0.15) is 37.3 Å². The van der Waals surface area contributed by atoms with Crippen LogP contribution in [0.2, 0.25) is 0 Å². The third-order valence-corrected chi connectivity index (χ3v) is 3.77. The fraction of sp³-hybridized carbons (Fsp3) is 0.533. The number of carboxylic acids is 1. The molecule has 1 aliphatic rings. The quantitative estimate of drug-likeness (QED) is 0.873. The van der Waals surface area contributed by atoms with Crippen LogP contribution in [-0.4, -0.2) is 23.2 Å². The summed E-state index contributed by atoms with van der Waals surface area (Å²) < 4.78 is 26.9. The molecule has 0 bridgehead atoms. The number of hydrogen-bond donors (Lipinski definition) is 2. The van der Waals surface area contributed by atoms with Gasteiger partial charge in [-0.3, -0.25) is 4.79 Å². The Hall–Kier alpha value is -1.49. The van der Waals surface area contributed by atoms with Crippen molar-refractivity contribution in [3.63, 3.8) is 0 Å². The molecule has 0 radical (unpaired) electrons. The van der Waals surface area contributed by atoms with E-state index in [1.807, 2.05) is 6.92 Å². The van der Waals surface area contributed by atoms with Crippen LogP contribution in [0.4, 0.5) is 8.78 Å². The van der Waals surface area contributed by atoms with Gasteiger partial charge in [0.2, 0.25) is 0 Å². The first-order chi connectivity index (χ1) is 9.51. The maximum absolute atomic E-state index is 13.6. The summed E-state index contributed by atoms with van der Waals surface area (Å²) in [6, 6.07) is 1.62. The molecular formula is C15H19F2NO2. The SMILES string of the molecule is CCCC(NC1CCc2c(F)cc(F)cc2C1)C(=O)O. The van der Waals surface area contributed by atoms with E-state index in [1.54, 1.807) is 0 Å². The summed E-state index contributed by atoms with van der Waals surface area (Å²) in [6.45, 7) is 1.93. The highest BCUT2D eigenvalue weighted by Crippen LogP contribution is 2.25. The molecule has 0 aromatic heterocycles. The van der Waals surface area contributed by atoms with Crippen LogP contribution < -0.4 is 5.32 Å². The summed E-state index contributed by atoms with van der Waals surface area (Å²) in [6.07, 6.45) is 2.98. The minimum absolute atomic E-state index is 0.0450. The first-order valence-electron chi connectivity index (χ1n) is 6.97. The summed E-state index contributed by atoms with van der Waals surface area (Å²) in [4.78, 5) is 11.1. The molecule has 2 unspecified atom stereocenters. The second kappa shape index (κ2) is 6.31. The van der Waals surface area contributed by atoms with Crippen LogP contribution in [-0.2, 0) is 17.6 Å². The minimum atomic E-state index is -0.872. The minimum Gasteiger partial charge on any atom is -0.480 e. The van der Waals surface area contributed by atoms with E-state index < -0.39 is 23.6 Å². The van der Waals surface area contributed by atoms with Crippen LogP contribution >= 0.6 is 0 Å². The van der Waals surface area contributed by atoms with Gasteiger partial charge in [-0.1, -0.05) is 13.3 Å². The number of hydrogen-bond acceptors (Lipinski definition) is 2. The molecule has 0 saturated heterocycles. The Balaban J connectivity index is 2.09. The summed E-state index contributed by atoms with van der Waals surface area (Å²) in [5.41, 5.74) is 1.21. The molecule has 3 nitrogen and oxygen atoms in total. The van der Waals surface area contributed by atoms with E-state index in [9.17, 15) is 13.6 Å². The van der Waals surface area contributed by atoms with Crippen molar-refractivity contribution in [2.75, 3.05) is 0 Å². The second-order valence-corrected chi connectivity index (χ2v) is 5.31. The molecule has 2 atom stereocenters. The smallest absolute Gasteiger partial charge is 0.320 e. The number of rotatable bonds is 5. The number of carbonyl (C=O) groups is 1. The van der Waals surface area contributed by atoms with Crippen molar-refractivity contribution in [1.29, 1.82) is 0 Å². The van der Waals surface area contributed by atoms with Gasteiger partial charge >= 0.3 is 5.97 Å². The summed E-state index contributed by atoms with van der Waals surface area (Å²) >= 11 is 0. The lowest BCUT2D eigenvalue weighted by Crippen LogP contribution is -2.45. The summed E-state index contributed by atoms with van der Waals surface area (Å²) in [5.74, 6) is -1.95. The number of halogens is 2. The lowest BCUT2D eigenvalue weighted by Gasteiger charge is -2.28. The van der Waals surface area contributed by atoms with Crippen molar-refractivity contribution >= 4 is 5.97 Å². The Kier molecular flexibility index (Phi) is 4.70. The van der Waals surface area contributed by atoms with Crippen molar-refractivity contribution in [2.45, 2.75) is 51.1 Å². The zero-order valence-electron chi connectivity index (χ0n) is 11.5. The third kappa shape index (κ3) is 3.33. The second-order valence-electron chi connectivity index (χ2n) is 5.31. The molecule has 0 fully saturated rings. The van der Waals surface area contributed by atoms with Gasteiger partial charge < -0.3 is 10.4 Å². The monoisotopic (exact) mass is 283 g/mol. The molecule has 110 valence electrons. The fourth-order valence-electron chi connectivity index (χ4n) is 2.80. The fourth-order valence-corrected chi connectivity index (χ4v) is 2.80. The van der Waals surface area contributed by atoms with Crippen molar-refractivity contribution in [3.8, 4) is 0 Å². The van der Waals surface area contributed by atoms with Crippen molar-refractivity contribution in [2.24, 2.45) is 0 Å². The zero-order valence-corrected chi connectivity index (χ0v) is 11.5. The average Bonchev–Trinajstić information content (AvgIpc) is 2.37. The van der Waals surface area contributed by atoms with Gasteiger partial charge in [0.15, 0.2) is 0 Å². The van der Waals surface area contributed by atoms with E-state index in [-0.39, 0.29) is 6.04 Å². The third-order valence-electron chi connectivity index (χ3n) is 3.77. The molecule has 20 heavy (non-hydrogen) atoms. The zero-order chi connectivity index (χ0) is 14.7. The molecule has 2 rings (SSSR count). The Bertz CT molecular complexity index is 505.